The quantitative estimate of drug-likeness (QED) is 0.658. The Kier molecular flexibility index (Phi) is 5.35. The first-order valence-corrected chi connectivity index (χ1v) is 8.68. The maximum atomic E-state index is 12.2. The standard InChI is InChI=1S/C21H15ClN4O2/c1-12-7-15(11-24)8-13(2)20(12)28-17-9-18(26-21(27)19(17)22)25-16-5-3-14(10-23)4-6-16/h3-9H,1-2H3,(H2,25,26,27). The van der Waals surface area contributed by atoms with Crippen LogP contribution < -0.4 is 15.6 Å². The number of pyridine rings is 1. The monoisotopic (exact) mass is 390 g/mol. The van der Waals surface area contributed by atoms with Gasteiger partial charge in [0.1, 0.15) is 16.6 Å². The molecule has 0 aliphatic heterocycles. The van der Waals surface area contributed by atoms with Crippen LogP contribution in [0.5, 0.6) is 11.5 Å². The first-order chi connectivity index (χ1) is 13.4. The number of H-pyrrole nitrogens is 1. The van der Waals surface area contributed by atoms with E-state index < -0.39 is 5.56 Å². The van der Waals surface area contributed by atoms with Crippen LogP contribution >= 0.6 is 11.6 Å². The van der Waals surface area contributed by atoms with Crippen molar-refractivity contribution in [2.24, 2.45) is 0 Å². The van der Waals surface area contributed by atoms with Gasteiger partial charge in [0.2, 0.25) is 0 Å². The predicted molar refractivity (Wildman–Crippen MR) is 107 cm³/mol. The smallest absolute Gasteiger partial charge is 0.272 e. The summed E-state index contributed by atoms with van der Waals surface area (Å²) in [6, 6.07) is 15.9. The van der Waals surface area contributed by atoms with Gasteiger partial charge in [-0.1, -0.05) is 11.6 Å². The van der Waals surface area contributed by atoms with E-state index in [1.165, 1.54) is 0 Å². The molecular formula is C21H15ClN4O2. The number of ether oxygens (including phenoxy) is 1. The van der Waals surface area contributed by atoms with Crippen molar-refractivity contribution >= 4 is 23.1 Å². The minimum Gasteiger partial charge on any atom is -0.455 e. The number of halogens is 1. The maximum Gasteiger partial charge on any atom is 0.272 e. The molecule has 1 heterocycles. The van der Waals surface area contributed by atoms with Crippen molar-refractivity contribution in [3.63, 3.8) is 0 Å². The van der Waals surface area contributed by atoms with Crippen LogP contribution in [-0.4, -0.2) is 4.98 Å². The van der Waals surface area contributed by atoms with E-state index in [0.717, 1.165) is 11.1 Å². The zero-order valence-electron chi connectivity index (χ0n) is 15.1. The van der Waals surface area contributed by atoms with Crippen LogP contribution in [0.3, 0.4) is 0 Å². The maximum absolute atomic E-state index is 12.2. The molecule has 3 aromatic rings. The van der Waals surface area contributed by atoms with E-state index in [4.69, 9.17) is 26.9 Å². The summed E-state index contributed by atoms with van der Waals surface area (Å²) in [6.07, 6.45) is 0. The van der Waals surface area contributed by atoms with Crippen LogP contribution in [-0.2, 0) is 0 Å². The lowest BCUT2D eigenvalue weighted by molar-refractivity contribution is 0.474. The van der Waals surface area contributed by atoms with Crippen LogP contribution in [0.4, 0.5) is 11.5 Å². The molecule has 0 aliphatic carbocycles. The largest absolute Gasteiger partial charge is 0.455 e. The molecule has 28 heavy (non-hydrogen) atoms. The van der Waals surface area contributed by atoms with Crippen molar-refractivity contribution in [3.8, 4) is 23.6 Å². The fraction of sp³-hybridized carbons (Fsp3) is 0.0952. The summed E-state index contributed by atoms with van der Waals surface area (Å²) in [6.45, 7) is 3.64. The van der Waals surface area contributed by atoms with Gasteiger partial charge in [0.05, 0.1) is 23.3 Å². The van der Waals surface area contributed by atoms with Crippen LogP contribution in [0.1, 0.15) is 22.3 Å². The van der Waals surface area contributed by atoms with Crippen molar-refractivity contribution in [1.82, 2.24) is 4.98 Å². The Morgan fingerprint density at radius 3 is 2.18 bits per heavy atom. The molecule has 6 nitrogen and oxygen atoms in total. The summed E-state index contributed by atoms with van der Waals surface area (Å²) in [5.41, 5.74) is 2.77. The molecule has 0 saturated heterocycles. The number of nitriles is 2. The Hall–Kier alpha value is -3.74. The Morgan fingerprint density at radius 1 is 1.00 bits per heavy atom. The number of hydrogen-bond donors (Lipinski definition) is 2. The van der Waals surface area contributed by atoms with Gasteiger partial charge in [-0.2, -0.15) is 10.5 Å². The third kappa shape index (κ3) is 3.98. The molecule has 2 aromatic carbocycles. The van der Waals surface area contributed by atoms with E-state index in [-0.39, 0.29) is 10.8 Å². The number of nitrogens with zero attached hydrogens (tertiary/aromatic N) is 2. The minimum absolute atomic E-state index is 0.0754. The average molecular weight is 391 g/mol. The van der Waals surface area contributed by atoms with E-state index in [1.807, 2.05) is 19.9 Å². The molecule has 0 saturated carbocycles. The third-order valence-corrected chi connectivity index (χ3v) is 4.39. The highest BCUT2D eigenvalue weighted by Crippen LogP contribution is 2.33. The highest BCUT2D eigenvalue weighted by molar-refractivity contribution is 6.31. The number of benzene rings is 2. The van der Waals surface area contributed by atoms with E-state index in [1.54, 1.807) is 42.5 Å². The molecule has 0 amide bonds. The second-order valence-electron chi connectivity index (χ2n) is 6.16. The molecule has 0 fully saturated rings. The normalized spacial score (nSPS) is 10.0. The minimum atomic E-state index is -0.501. The second kappa shape index (κ2) is 7.87. The summed E-state index contributed by atoms with van der Waals surface area (Å²) < 4.78 is 5.92. The zero-order valence-corrected chi connectivity index (χ0v) is 15.9. The highest BCUT2D eigenvalue weighted by atomic mass is 35.5. The number of aryl methyl sites for hydroxylation is 2. The van der Waals surface area contributed by atoms with Crippen molar-refractivity contribution in [2.45, 2.75) is 13.8 Å². The summed E-state index contributed by atoms with van der Waals surface area (Å²) in [4.78, 5) is 14.9. The van der Waals surface area contributed by atoms with Crippen molar-refractivity contribution in [3.05, 3.63) is 80.1 Å². The number of rotatable bonds is 4. The molecule has 2 N–H and O–H groups in total. The Labute approximate surface area is 166 Å². The van der Waals surface area contributed by atoms with Crippen LogP contribution in [0.25, 0.3) is 0 Å². The van der Waals surface area contributed by atoms with Gasteiger partial charge < -0.3 is 15.0 Å². The number of anilines is 2. The van der Waals surface area contributed by atoms with Gasteiger partial charge >= 0.3 is 0 Å². The van der Waals surface area contributed by atoms with Crippen LogP contribution in [0.2, 0.25) is 5.02 Å². The highest BCUT2D eigenvalue weighted by Gasteiger charge is 2.14. The Bertz CT molecular complexity index is 1160. The number of hydrogen-bond acceptors (Lipinski definition) is 5. The molecular weight excluding hydrogens is 376 g/mol. The molecule has 138 valence electrons. The van der Waals surface area contributed by atoms with Gasteiger partial charge in [0.15, 0.2) is 5.75 Å². The lowest BCUT2D eigenvalue weighted by Gasteiger charge is -2.14. The number of aromatic amines is 1. The van der Waals surface area contributed by atoms with Gasteiger partial charge in [-0.25, -0.2) is 0 Å². The summed E-state index contributed by atoms with van der Waals surface area (Å²) in [5, 5.41) is 20.9. The van der Waals surface area contributed by atoms with Gasteiger partial charge in [-0.15, -0.1) is 0 Å². The number of nitrogens with one attached hydrogen (secondary N) is 2. The molecule has 0 aliphatic rings. The summed E-state index contributed by atoms with van der Waals surface area (Å²) >= 11 is 6.14. The number of aromatic nitrogens is 1. The van der Waals surface area contributed by atoms with Gasteiger partial charge in [-0.3, -0.25) is 4.79 Å². The molecule has 3 rings (SSSR count). The van der Waals surface area contributed by atoms with Crippen molar-refractivity contribution in [1.29, 1.82) is 10.5 Å². The summed E-state index contributed by atoms with van der Waals surface area (Å²) in [5.74, 6) is 1.12. The molecule has 0 atom stereocenters. The molecule has 7 heteroatoms. The van der Waals surface area contributed by atoms with Crippen molar-refractivity contribution < 1.29 is 4.74 Å². The first-order valence-electron chi connectivity index (χ1n) is 8.30. The first kappa shape index (κ1) is 19.0. The van der Waals surface area contributed by atoms with Gasteiger partial charge in [-0.05, 0) is 61.4 Å². The van der Waals surface area contributed by atoms with E-state index >= 15 is 0 Å². The Morgan fingerprint density at radius 2 is 1.61 bits per heavy atom. The zero-order chi connectivity index (χ0) is 20.3. The van der Waals surface area contributed by atoms with Crippen LogP contribution in [0.15, 0.2) is 47.3 Å². The molecule has 0 unspecified atom stereocenters. The van der Waals surface area contributed by atoms with E-state index in [0.29, 0.717) is 28.4 Å². The Balaban J connectivity index is 1.95. The lowest BCUT2D eigenvalue weighted by Crippen LogP contribution is -2.10. The fourth-order valence-electron chi connectivity index (χ4n) is 2.73. The second-order valence-corrected chi connectivity index (χ2v) is 6.54. The predicted octanol–water partition coefficient (Wildman–Crippen LogP) is 4.92. The van der Waals surface area contributed by atoms with Crippen LogP contribution in [0, 0.1) is 36.5 Å². The topological polar surface area (TPSA) is 102 Å². The van der Waals surface area contributed by atoms with E-state index in [2.05, 4.69) is 16.4 Å². The third-order valence-electron chi connectivity index (χ3n) is 4.03. The van der Waals surface area contributed by atoms with Gasteiger partial charge in [0, 0.05) is 11.8 Å². The SMILES string of the molecule is Cc1cc(C#N)cc(C)c1Oc1cc(Nc2ccc(C#N)cc2)[nH]c(=O)c1Cl. The fourth-order valence-corrected chi connectivity index (χ4v) is 2.87. The lowest BCUT2D eigenvalue weighted by atomic mass is 10.1. The average Bonchev–Trinajstić information content (AvgIpc) is 2.68. The molecule has 0 spiro atoms. The molecule has 1 aromatic heterocycles. The van der Waals surface area contributed by atoms with E-state index in [9.17, 15) is 4.79 Å². The molecule has 0 radical (unpaired) electrons. The molecule has 0 bridgehead atoms. The van der Waals surface area contributed by atoms with Gasteiger partial charge in [0.25, 0.3) is 5.56 Å². The van der Waals surface area contributed by atoms with Crippen molar-refractivity contribution in [2.75, 3.05) is 5.32 Å². The summed E-state index contributed by atoms with van der Waals surface area (Å²) in [7, 11) is 0.